The van der Waals surface area contributed by atoms with Gasteiger partial charge in [-0.1, -0.05) is 35.9 Å². The molecule has 0 aliphatic rings. The topological polar surface area (TPSA) is 63.1 Å². The molecular formula is C14H13ClN2O2. The third-order valence-electron chi connectivity index (χ3n) is 2.81. The Morgan fingerprint density at radius 2 is 2.11 bits per heavy atom. The molecule has 0 bridgehead atoms. The minimum absolute atomic E-state index is 0.0206. The fourth-order valence-electron chi connectivity index (χ4n) is 1.75. The summed E-state index contributed by atoms with van der Waals surface area (Å²) in [6, 6.07) is 7.77. The fraction of sp³-hybridized carbons (Fsp3) is 0.214. The second-order valence-electron chi connectivity index (χ2n) is 4.22. The third-order valence-corrected chi connectivity index (χ3v) is 3.13. The smallest absolute Gasteiger partial charge is 0.303 e. The van der Waals surface area contributed by atoms with Crippen LogP contribution in [0.15, 0.2) is 30.5 Å². The van der Waals surface area contributed by atoms with Crippen molar-refractivity contribution in [1.82, 2.24) is 9.97 Å². The molecule has 0 radical (unpaired) electrons. The zero-order chi connectivity index (χ0) is 13.8. The number of aliphatic carboxylic acids is 1. The van der Waals surface area contributed by atoms with Crippen LogP contribution < -0.4 is 0 Å². The molecule has 1 heterocycles. The number of aryl methyl sites for hydroxylation is 2. The number of carboxylic acids is 1. The van der Waals surface area contributed by atoms with Crippen molar-refractivity contribution in [2.24, 2.45) is 0 Å². The van der Waals surface area contributed by atoms with Gasteiger partial charge < -0.3 is 5.11 Å². The molecule has 0 atom stereocenters. The van der Waals surface area contributed by atoms with E-state index in [2.05, 4.69) is 9.97 Å². The molecule has 1 aromatic carbocycles. The first-order valence-corrected chi connectivity index (χ1v) is 6.25. The van der Waals surface area contributed by atoms with Crippen molar-refractivity contribution in [2.75, 3.05) is 0 Å². The Morgan fingerprint density at radius 3 is 2.74 bits per heavy atom. The van der Waals surface area contributed by atoms with Crippen molar-refractivity contribution in [1.29, 1.82) is 0 Å². The number of rotatable bonds is 4. The standard InChI is InChI=1S/C14H13ClN2O2/c1-9-4-2-3-5-11(9)14-16-8-10(13(15)17-14)6-7-12(18)19/h2-5,8H,6-7H2,1H3,(H,18,19). The van der Waals surface area contributed by atoms with E-state index in [9.17, 15) is 4.79 Å². The number of nitrogens with zero attached hydrogens (tertiary/aromatic N) is 2. The molecule has 19 heavy (non-hydrogen) atoms. The molecule has 2 aromatic rings. The summed E-state index contributed by atoms with van der Waals surface area (Å²) in [4.78, 5) is 19.0. The number of carboxylic acid groups (broad SMARTS) is 1. The SMILES string of the molecule is Cc1ccccc1-c1ncc(CCC(=O)O)c(Cl)n1. The normalized spacial score (nSPS) is 10.4. The predicted octanol–water partition coefficient (Wildman–Crippen LogP) is 3.12. The van der Waals surface area contributed by atoms with Crippen LogP contribution in [0.4, 0.5) is 0 Å². The molecule has 0 aliphatic heterocycles. The van der Waals surface area contributed by atoms with Crippen molar-refractivity contribution >= 4 is 17.6 Å². The highest BCUT2D eigenvalue weighted by molar-refractivity contribution is 6.30. The van der Waals surface area contributed by atoms with Gasteiger partial charge in [0.05, 0.1) is 0 Å². The Hall–Kier alpha value is -1.94. The van der Waals surface area contributed by atoms with E-state index < -0.39 is 5.97 Å². The summed E-state index contributed by atoms with van der Waals surface area (Å²) in [5.74, 6) is -0.304. The molecule has 4 nitrogen and oxygen atoms in total. The van der Waals surface area contributed by atoms with E-state index in [0.29, 0.717) is 23.0 Å². The molecule has 2 rings (SSSR count). The van der Waals surface area contributed by atoms with E-state index in [-0.39, 0.29) is 6.42 Å². The molecule has 1 aromatic heterocycles. The van der Waals surface area contributed by atoms with Crippen LogP contribution in [-0.2, 0) is 11.2 Å². The van der Waals surface area contributed by atoms with Gasteiger partial charge in [0.1, 0.15) is 5.15 Å². The van der Waals surface area contributed by atoms with Crippen molar-refractivity contribution in [3.63, 3.8) is 0 Å². The second-order valence-corrected chi connectivity index (χ2v) is 4.58. The van der Waals surface area contributed by atoms with E-state index in [0.717, 1.165) is 11.1 Å². The van der Waals surface area contributed by atoms with E-state index in [4.69, 9.17) is 16.7 Å². The lowest BCUT2D eigenvalue weighted by Crippen LogP contribution is -2.01. The average molecular weight is 277 g/mol. The van der Waals surface area contributed by atoms with Crippen LogP contribution in [-0.4, -0.2) is 21.0 Å². The Morgan fingerprint density at radius 1 is 1.37 bits per heavy atom. The number of carbonyl (C=O) groups is 1. The molecule has 0 unspecified atom stereocenters. The van der Waals surface area contributed by atoms with Gasteiger partial charge in [-0.2, -0.15) is 0 Å². The van der Waals surface area contributed by atoms with Crippen molar-refractivity contribution in [3.05, 3.63) is 46.7 Å². The van der Waals surface area contributed by atoms with Crippen LogP contribution in [0.25, 0.3) is 11.4 Å². The minimum atomic E-state index is -0.862. The summed E-state index contributed by atoms with van der Waals surface area (Å²) in [5, 5.41) is 8.97. The molecular weight excluding hydrogens is 264 g/mol. The van der Waals surface area contributed by atoms with Gasteiger partial charge in [0, 0.05) is 23.7 Å². The van der Waals surface area contributed by atoms with Crippen LogP contribution in [0.2, 0.25) is 5.15 Å². The lowest BCUT2D eigenvalue weighted by Gasteiger charge is -2.06. The van der Waals surface area contributed by atoms with Crippen LogP contribution in [0, 0.1) is 6.92 Å². The first-order valence-electron chi connectivity index (χ1n) is 5.87. The molecule has 5 heteroatoms. The fourth-order valence-corrected chi connectivity index (χ4v) is 1.97. The zero-order valence-electron chi connectivity index (χ0n) is 10.4. The van der Waals surface area contributed by atoms with Gasteiger partial charge in [-0.05, 0) is 18.9 Å². The largest absolute Gasteiger partial charge is 0.481 e. The maximum atomic E-state index is 10.5. The van der Waals surface area contributed by atoms with Crippen LogP contribution in [0.3, 0.4) is 0 Å². The summed E-state index contributed by atoms with van der Waals surface area (Å²) >= 11 is 6.07. The van der Waals surface area contributed by atoms with E-state index in [1.165, 1.54) is 0 Å². The average Bonchev–Trinajstić information content (AvgIpc) is 2.37. The summed E-state index contributed by atoms with van der Waals surface area (Å²) < 4.78 is 0. The van der Waals surface area contributed by atoms with Gasteiger partial charge in [-0.15, -0.1) is 0 Å². The van der Waals surface area contributed by atoms with Gasteiger partial charge in [-0.25, -0.2) is 9.97 Å². The first kappa shape index (κ1) is 13.5. The molecule has 98 valence electrons. The van der Waals surface area contributed by atoms with E-state index >= 15 is 0 Å². The second kappa shape index (κ2) is 5.80. The molecule has 0 amide bonds. The quantitative estimate of drug-likeness (QED) is 0.872. The van der Waals surface area contributed by atoms with Gasteiger partial charge in [-0.3, -0.25) is 4.79 Å². The number of hydrogen-bond donors (Lipinski definition) is 1. The minimum Gasteiger partial charge on any atom is -0.481 e. The van der Waals surface area contributed by atoms with Crippen molar-refractivity contribution in [3.8, 4) is 11.4 Å². The lowest BCUT2D eigenvalue weighted by molar-refractivity contribution is -0.136. The summed E-state index contributed by atoms with van der Waals surface area (Å²) in [6.07, 6.45) is 1.95. The van der Waals surface area contributed by atoms with E-state index in [1.807, 2.05) is 31.2 Å². The maximum absolute atomic E-state index is 10.5. The van der Waals surface area contributed by atoms with E-state index in [1.54, 1.807) is 6.20 Å². The molecule has 0 saturated heterocycles. The highest BCUT2D eigenvalue weighted by atomic mass is 35.5. The Kier molecular flexibility index (Phi) is 4.12. The van der Waals surface area contributed by atoms with Gasteiger partial charge in [0.2, 0.25) is 0 Å². The van der Waals surface area contributed by atoms with Gasteiger partial charge >= 0.3 is 5.97 Å². The third kappa shape index (κ3) is 3.29. The van der Waals surface area contributed by atoms with Gasteiger partial charge in [0.15, 0.2) is 5.82 Å². The summed E-state index contributed by atoms with van der Waals surface area (Å²) in [6.45, 7) is 1.98. The highest BCUT2D eigenvalue weighted by Gasteiger charge is 2.09. The highest BCUT2D eigenvalue weighted by Crippen LogP contribution is 2.22. The van der Waals surface area contributed by atoms with Crippen LogP contribution in [0.5, 0.6) is 0 Å². The molecule has 0 saturated carbocycles. The summed E-state index contributed by atoms with van der Waals surface area (Å²) in [7, 11) is 0. The predicted molar refractivity (Wildman–Crippen MR) is 73.2 cm³/mol. The molecule has 0 spiro atoms. The maximum Gasteiger partial charge on any atom is 0.303 e. The lowest BCUT2D eigenvalue weighted by atomic mass is 10.1. The number of aromatic nitrogens is 2. The summed E-state index contributed by atoms with van der Waals surface area (Å²) in [5.41, 5.74) is 2.65. The number of hydrogen-bond acceptors (Lipinski definition) is 3. The van der Waals surface area contributed by atoms with Crippen molar-refractivity contribution in [2.45, 2.75) is 19.8 Å². The van der Waals surface area contributed by atoms with Crippen molar-refractivity contribution < 1.29 is 9.90 Å². The monoisotopic (exact) mass is 276 g/mol. The first-order chi connectivity index (χ1) is 9.08. The Labute approximate surface area is 116 Å². The number of halogens is 1. The van der Waals surface area contributed by atoms with Crippen LogP contribution >= 0.6 is 11.6 Å². The van der Waals surface area contributed by atoms with Gasteiger partial charge in [0.25, 0.3) is 0 Å². The Bertz CT molecular complexity index is 614. The number of benzene rings is 1. The molecule has 1 N–H and O–H groups in total. The van der Waals surface area contributed by atoms with Crippen LogP contribution in [0.1, 0.15) is 17.5 Å². The molecule has 0 aliphatic carbocycles. The zero-order valence-corrected chi connectivity index (χ0v) is 11.2. The molecule has 0 fully saturated rings. The Balaban J connectivity index is 2.29.